The Bertz CT molecular complexity index is 879. The van der Waals surface area contributed by atoms with E-state index >= 15 is 0 Å². The van der Waals surface area contributed by atoms with Gasteiger partial charge in [-0.15, -0.1) is 0 Å². The van der Waals surface area contributed by atoms with Gasteiger partial charge in [-0.3, -0.25) is 4.79 Å². The Morgan fingerprint density at radius 3 is 2.47 bits per heavy atom. The van der Waals surface area contributed by atoms with Crippen molar-refractivity contribution in [1.29, 1.82) is 0 Å². The molecule has 1 saturated carbocycles. The second kappa shape index (κ2) is 9.11. The zero-order valence-electron chi connectivity index (χ0n) is 18.0. The summed E-state index contributed by atoms with van der Waals surface area (Å²) in [6.45, 7) is 3.08. The predicted octanol–water partition coefficient (Wildman–Crippen LogP) is 5.07. The summed E-state index contributed by atoms with van der Waals surface area (Å²) in [4.78, 5) is 27.0. The van der Waals surface area contributed by atoms with Gasteiger partial charge in [-0.05, 0) is 63.3 Å². The minimum Gasteiger partial charge on any atom is -0.353 e. The summed E-state index contributed by atoms with van der Waals surface area (Å²) in [6.07, 6.45) is 10.8. The molecule has 0 bridgehead atoms. The molecule has 2 aromatic rings. The van der Waals surface area contributed by atoms with Gasteiger partial charge in [0, 0.05) is 37.4 Å². The monoisotopic (exact) mass is 410 g/mol. The van der Waals surface area contributed by atoms with Crippen LogP contribution in [0.5, 0.6) is 0 Å². The molecule has 4 rings (SSSR count). The lowest BCUT2D eigenvalue weighted by molar-refractivity contribution is 0.0696. The van der Waals surface area contributed by atoms with Crippen LogP contribution in [0.3, 0.4) is 0 Å². The molecule has 1 atom stereocenters. The molecule has 0 N–H and O–H groups in total. The van der Waals surface area contributed by atoms with Crippen LogP contribution in [0.2, 0.25) is 0 Å². The van der Waals surface area contributed by atoms with E-state index in [0.29, 0.717) is 23.2 Å². The zero-order chi connectivity index (χ0) is 21.1. The van der Waals surface area contributed by atoms with Gasteiger partial charge in [-0.2, -0.15) is 0 Å². The number of hydrogen-bond acceptors (Lipinski definition) is 4. The molecule has 2 heterocycles. The van der Waals surface area contributed by atoms with Gasteiger partial charge in [0.15, 0.2) is 5.82 Å². The second-order valence-electron chi connectivity index (χ2n) is 8.68. The molecule has 1 amide bonds. The fraction of sp³-hybridized carbons (Fsp3) is 0.542. The Morgan fingerprint density at radius 2 is 1.77 bits per heavy atom. The molecule has 1 unspecified atom stereocenters. The summed E-state index contributed by atoms with van der Waals surface area (Å²) in [5, 5.41) is 0. The average Bonchev–Trinajstić information content (AvgIpc) is 2.79. The van der Waals surface area contributed by atoms with Crippen LogP contribution in [0.25, 0.3) is 11.4 Å². The molecule has 0 spiro atoms. The highest BCUT2D eigenvalue weighted by Crippen LogP contribution is 2.30. The number of anilines is 1. The first-order valence-corrected chi connectivity index (χ1v) is 11.2. The third kappa shape index (κ3) is 4.32. The number of piperidine rings is 1. The summed E-state index contributed by atoms with van der Waals surface area (Å²) >= 11 is 0. The Hall–Kier alpha value is -2.50. The summed E-state index contributed by atoms with van der Waals surface area (Å²) in [6, 6.07) is 6.80. The maximum Gasteiger partial charge on any atom is 0.259 e. The Morgan fingerprint density at radius 1 is 1.07 bits per heavy atom. The lowest BCUT2D eigenvalue weighted by Crippen LogP contribution is -2.42. The smallest absolute Gasteiger partial charge is 0.259 e. The number of carbonyl (C=O) groups excluding carboxylic acids is 1. The number of nitrogens with zero attached hydrogens (tertiary/aromatic N) is 4. The predicted molar refractivity (Wildman–Crippen MR) is 117 cm³/mol. The maximum absolute atomic E-state index is 13.5. The molecule has 1 saturated heterocycles. The molecule has 1 aromatic heterocycles. The molecular weight excluding hydrogens is 379 g/mol. The SMILES string of the molecule is CC1CCCCN1c1nc(-c2ccc(F)cc2)ncc1C(=O)N(C)C1CCCCC1. The molecule has 2 aliphatic rings. The molecular formula is C24H31FN4O. The van der Waals surface area contributed by atoms with Gasteiger partial charge in [0.05, 0.1) is 0 Å². The van der Waals surface area contributed by atoms with Crippen LogP contribution in [0, 0.1) is 5.82 Å². The average molecular weight is 411 g/mol. The molecule has 0 radical (unpaired) electrons. The Labute approximate surface area is 178 Å². The quantitative estimate of drug-likeness (QED) is 0.706. The molecule has 160 valence electrons. The van der Waals surface area contributed by atoms with Gasteiger partial charge < -0.3 is 9.80 Å². The van der Waals surface area contributed by atoms with Gasteiger partial charge in [-0.1, -0.05) is 19.3 Å². The van der Waals surface area contributed by atoms with E-state index in [-0.39, 0.29) is 17.8 Å². The van der Waals surface area contributed by atoms with Crippen LogP contribution in [0.15, 0.2) is 30.5 Å². The first-order chi connectivity index (χ1) is 14.5. The fourth-order valence-corrected chi connectivity index (χ4v) is 4.72. The fourth-order valence-electron chi connectivity index (χ4n) is 4.72. The number of carbonyl (C=O) groups is 1. The lowest BCUT2D eigenvalue weighted by Gasteiger charge is -2.37. The largest absolute Gasteiger partial charge is 0.353 e. The number of hydrogen-bond donors (Lipinski definition) is 0. The number of amides is 1. The van der Waals surface area contributed by atoms with Crippen molar-refractivity contribution in [3.8, 4) is 11.4 Å². The van der Waals surface area contributed by atoms with Crippen molar-refractivity contribution < 1.29 is 9.18 Å². The highest BCUT2D eigenvalue weighted by Gasteiger charge is 2.30. The highest BCUT2D eigenvalue weighted by molar-refractivity contribution is 5.99. The molecule has 5 nitrogen and oxygen atoms in total. The van der Waals surface area contributed by atoms with Crippen LogP contribution >= 0.6 is 0 Å². The number of benzene rings is 1. The first-order valence-electron chi connectivity index (χ1n) is 11.2. The number of halogens is 1. The standard InChI is InChI=1S/C24H31FN4O/c1-17-8-6-7-15-29(17)23-21(24(30)28(2)20-9-4-3-5-10-20)16-26-22(27-23)18-11-13-19(25)14-12-18/h11-14,16-17,20H,3-10,15H2,1-2H3. The van der Waals surface area contributed by atoms with Crippen molar-refractivity contribution in [2.45, 2.75) is 70.4 Å². The van der Waals surface area contributed by atoms with Crippen molar-refractivity contribution in [3.05, 3.63) is 41.8 Å². The normalized spacial score (nSPS) is 20.2. The van der Waals surface area contributed by atoms with E-state index in [1.54, 1.807) is 18.3 Å². The van der Waals surface area contributed by atoms with Crippen LogP contribution in [0.1, 0.15) is 68.6 Å². The minimum atomic E-state index is -0.287. The summed E-state index contributed by atoms with van der Waals surface area (Å²) in [7, 11) is 1.91. The van der Waals surface area contributed by atoms with Crippen LogP contribution in [0.4, 0.5) is 10.2 Å². The van der Waals surface area contributed by atoms with Crippen molar-refractivity contribution in [2.75, 3.05) is 18.5 Å². The van der Waals surface area contributed by atoms with Gasteiger partial charge in [0.2, 0.25) is 0 Å². The Balaban J connectivity index is 1.71. The molecule has 2 fully saturated rings. The second-order valence-corrected chi connectivity index (χ2v) is 8.68. The van der Waals surface area contributed by atoms with Crippen molar-refractivity contribution in [3.63, 3.8) is 0 Å². The summed E-state index contributed by atoms with van der Waals surface area (Å²) < 4.78 is 13.4. The van der Waals surface area contributed by atoms with Gasteiger partial charge in [0.1, 0.15) is 17.2 Å². The van der Waals surface area contributed by atoms with Gasteiger partial charge >= 0.3 is 0 Å². The molecule has 1 aliphatic heterocycles. The highest BCUT2D eigenvalue weighted by atomic mass is 19.1. The van der Waals surface area contributed by atoms with Crippen molar-refractivity contribution in [2.24, 2.45) is 0 Å². The lowest BCUT2D eigenvalue weighted by atomic mass is 9.94. The van der Waals surface area contributed by atoms with Crippen LogP contribution in [-0.4, -0.2) is 46.5 Å². The maximum atomic E-state index is 13.5. The molecule has 1 aliphatic carbocycles. The topological polar surface area (TPSA) is 49.3 Å². The van der Waals surface area contributed by atoms with Crippen molar-refractivity contribution in [1.82, 2.24) is 14.9 Å². The third-order valence-electron chi connectivity index (χ3n) is 6.62. The molecule has 30 heavy (non-hydrogen) atoms. The van der Waals surface area contributed by atoms with E-state index < -0.39 is 0 Å². The summed E-state index contributed by atoms with van der Waals surface area (Å²) in [5.41, 5.74) is 1.32. The number of aromatic nitrogens is 2. The number of rotatable bonds is 4. The minimum absolute atomic E-state index is 0.000305. The van der Waals surface area contributed by atoms with E-state index in [1.165, 1.54) is 37.8 Å². The van der Waals surface area contributed by atoms with Crippen LogP contribution in [-0.2, 0) is 0 Å². The van der Waals surface area contributed by atoms with Gasteiger partial charge in [0.25, 0.3) is 5.91 Å². The van der Waals surface area contributed by atoms with Crippen molar-refractivity contribution >= 4 is 11.7 Å². The van der Waals surface area contributed by atoms with E-state index in [9.17, 15) is 9.18 Å². The zero-order valence-corrected chi connectivity index (χ0v) is 18.0. The Kier molecular flexibility index (Phi) is 6.30. The van der Waals surface area contributed by atoms with E-state index in [2.05, 4.69) is 16.8 Å². The van der Waals surface area contributed by atoms with E-state index in [4.69, 9.17) is 4.98 Å². The molecule has 6 heteroatoms. The molecule has 1 aromatic carbocycles. The van der Waals surface area contributed by atoms with E-state index in [1.807, 2.05) is 11.9 Å². The summed E-state index contributed by atoms with van der Waals surface area (Å²) in [5.74, 6) is 0.952. The van der Waals surface area contributed by atoms with Gasteiger partial charge in [-0.25, -0.2) is 14.4 Å². The third-order valence-corrected chi connectivity index (χ3v) is 6.62. The first kappa shape index (κ1) is 20.8. The van der Waals surface area contributed by atoms with Crippen LogP contribution < -0.4 is 4.90 Å². The van der Waals surface area contributed by atoms with E-state index in [0.717, 1.165) is 37.8 Å².